The van der Waals surface area contributed by atoms with E-state index in [-0.39, 0.29) is 0 Å². The third kappa shape index (κ3) is 1.30. The van der Waals surface area contributed by atoms with Crippen LogP contribution < -0.4 is 0 Å². The maximum Gasteiger partial charge on any atom is 0.166 e. The number of rotatable bonds is 1. The van der Waals surface area contributed by atoms with Gasteiger partial charge in [0.05, 0.1) is 5.69 Å². The Balaban J connectivity index is 2.90. The predicted octanol–water partition coefficient (Wildman–Crippen LogP) is 1.69. The van der Waals surface area contributed by atoms with Gasteiger partial charge in [0.25, 0.3) is 0 Å². The second kappa shape index (κ2) is 2.65. The normalized spacial score (nSPS) is 8.89. The van der Waals surface area contributed by atoms with Crippen LogP contribution >= 0.6 is 11.3 Å². The molecule has 0 aliphatic rings. The predicted molar refractivity (Wildman–Crippen MR) is 39.4 cm³/mol. The van der Waals surface area contributed by atoms with Gasteiger partial charge in [-0.2, -0.15) is 0 Å². The van der Waals surface area contributed by atoms with Gasteiger partial charge in [-0.25, -0.2) is 4.98 Å². The highest BCUT2D eigenvalue weighted by Gasteiger charge is 1.93. The third-order valence-corrected chi connectivity index (χ3v) is 1.86. The molecule has 1 heterocycles. The van der Waals surface area contributed by atoms with Gasteiger partial charge in [-0.3, -0.25) is 0 Å². The summed E-state index contributed by atoms with van der Waals surface area (Å²) in [6, 6.07) is 0. The number of aryl methyl sites for hydroxylation is 1. The van der Waals surface area contributed by atoms with Gasteiger partial charge in [0.15, 0.2) is 5.01 Å². The van der Waals surface area contributed by atoms with E-state index in [1.165, 1.54) is 11.3 Å². The zero-order chi connectivity index (χ0) is 6.69. The molecular formula is C7H7NS. The Labute approximate surface area is 58.8 Å². The highest BCUT2D eigenvalue weighted by atomic mass is 32.1. The Morgan fingerprint density at radius 3 is 3.00 bits per heavy atom. The molecule has 0 aliphatic carbocycles. The molecule has 0 N–H and O–H groups in total. The molecule has 1 aromatic heterocycles. The lowest BCUT2D eigenvalue weighted by Crippen LogP contribution is -1.77. The summed E-state index contributed by atoms with van der Waals surface area (Å²) < 4.78 is 0. The van der Waals surface area contributed by atoms with Crippen LogP contribution in [-0.2, 0) is 6.42 Å². The summed E-state index contributed by atoms with van der Waals surface area (Å²) in [5.41, 5.74) is 1.09. The molecule has 0 aliphatic heterocycles. The fourth-order valence-corrected chi connectivity index (χ4v) is 1.24. The lowest BCUT2D eigenvalue weighted by Gasteiger charge is -1.79. The van der Waals surface area contributed by atoms with Crippen molar-refractivity contribution in [3.63, 3.8) is 0 Å². The van der Waals surface area contributed by atoms with Crippen molar-refractivity contribution in [1.82, 2.24) is 4.98 Å². The van der Waals surface area contributed by atoms with E-state index in [2.05, 4.69) is 17.8 Å². The quantitative estimate of drug-likeness (QED) is 0.537. The molecule has 2 heteroatoms. The van der Waals surface area contributed by atoms with Crippen molar-refractivity contribution in [1.29, 1.82) is 0 Å². The van der Waals surface area contributed by atoms with Gasteiger partial charge >= 0.3 is 0 Å². The lowest BCUT2D eigenvalue weighted by molar-refractivity contribution is 1.06. The van der Waals surface area contributed by atoms with Crippen LogP contribution in [0.3, 0.4) is 0 Å². The summed E-state index contributed by atoms with van der Waals surface area (Å²) in [5.74, 6) is 2.49. The Kier molecular flexibility index (Phi) is 1.86. The second-order valence-electron chi connectivity index (χ2n) is 1.64. The highest BCUT2D eigenvalue weighted by Crippen LogP contribution is 2.07. The summed E-state index contributed by atoms with van der Waals surface area (Å²) in [6.45, 7) is 2.06. The Morgan fingerprint density at radius 1 is 1.89 bits per heavy atom. The van der Waals surface area contributed by atoms with Crippen molar-refractivity contribution in [2.24, 2.45) is 0 Å². The molecular weight excluding hydrogens is 130 g/mol. The molecule has 0 fully saturated rings. The van der Waals surface area contributed by atoms with Crippen LogP contribution in [0.5, 0.6) is 0 Å². The van der Waals surface area contributed by atoms with Gasteiger partial charge in [0.2, 0.25) is 0 Å². The van der Waals surface area contributed by atoms with Gasteiger partial charge in [0.1, 0.15) is 0 Å². The van der Waals surface area contributed by atoms with Crippen LogP contribution in [-0.4, -0.2) is 4.98 Å². The number of aromatic nitrogens is 1. The van der Waals surface area contributed by atoms with E-state index < -0.39 is 0 Å². The minimum absolute atomic E-state index is 0.784. The van der Waals surface area contributed by atoms with Gasteiger partial charge in [-0.05, 0) is 12.3 Å². The first-order chi connectivity index (χ1) is 4.36. The van der Waals surface area contributed by atoms with E-state index in [9.17, 15) is 0 Å². The van der Waals surface area contributed by atoms with Crippen LogP contribution in [0.4, 0.5) is 0 Å². The zero-order valence-corrected chi connectivity index (χ0v) is 6.03. The molecule has 0 saturated heterocycles. The number of nitrogens with zero attached hydrogens (tertiary/aromatic N) is 1. The third-order valence-electron chi connectivity index (χ3n) is 1.04. The molecule has 0 unspecified atom stereocenters. The van der Waals surface area contributed by atoms with E-state index in [4.69, 9.17) is 6.42 Å². The molecule has 1 nitrogen and oxygen atoms in total. The van der Waals surface area contributed by atoms with Crippen molar-refractivity contribution in [3.05, 3.63) is 16.1 Å². The molecule has 0 spiro atoms. The minimum Gasteiger partial charge on any atom is -0.233 e. The van der Waals surface area contributed by atoms with Gasteiger partial charge < -0.3 is 0 Å². The Morgan fingerprint density at radius 2 is 2.67 bits per heavy atom. The van der Waals surface area contributed by atoms with Gasteiger partial charge in [0, 0.05) is 5.38 Å². The molecule has 0 saturated carbocycles. The second-order valence-corrected chi connectivity index (χ2v) is 2.50. The molecule has 0 atom stereocenters. The number of hydrogen-bond acceptors (Lipinski definition) is 2. The smallest absolute Gasteiger partial charge is 0.166 e. The van der Waals surface area contributed by atoms with Crippen molar-refractivity contribution in [2.75, 3.05) is 0 Å². The topological polar surface area (TPSA) is 12.9 Å². The molecule has 1 aromatic rings. The van der Waals surface area contributed by atoms with Crippen LogP contribution in [0.25, 0.3) is 0 Å². The first kappa shape index (κ1) is 6.31. The number of terminal acetylenes is 1. The van der Waals surface area contributed by atoms with Crippen molar-refractivity contribution in [2.45, 2.75) is 13.3 Å². The summed E-state index contributed by atoms with van der Waals surface area (Å²) in [5, 5.41) is 2.78. The van der Waals surface area contributed by atoms with Crippen molar-refractivity contribution in [3.8, 4) is 12.3 Å². The summed E-state index contributed by atoms with van der Waals surface area (Å²) in [6.07, 6.45) is 6.09. The lowest BCUT2D eigenvalue weighted by atomic mass is 10.4. The standard InChI is InChI=1S/C7H7NS/c1-3-6-5-9-7(4-2)8-6/h2,5H,3H2,1H3. The summed E-state index contributed by atoms with van der Waals surface area (Å²) in [7, 11) is 0. The van der Waals surface area contributed by atoms with Crippen LogP contribution in [0, 0.1) is 12.3 Å². The average Bonchev–Trinajstić information content (AvgIpc) is 2.34. The Bertz CT molecular complexity index is 231. The van der Waals surface area contributed by atoms with Gasteiger partial charge in [-0.1, -0.05) is 6.92 Å². The molecule has 9 heavy (non-hydrogen) atoms. The first-order valence-electron chi connectivity index (χ1n) is 2.78. The van der Waals surface area contributed by atoms with E-state index in [0.717, 1.165) is 17.1 Å². The van der Waals surface area contributed by atoms with Crippen molar-refractivity contribution >= 4 is 11.3 Å². The Hall–Kier alpha value is -0.810. The van der Waals surface area contributed by atoms with E-state index in [1.807, 2.05) is 5.38 Å². The monoisotopic (exact) mass is 137 g/mol. The zero-order valence-electron chi connectivity index (χ0n) is 5.22. The molecule has 0 amide bonds. The van der Waals surface area contributed by atoms with E-state index in [1.54, 1.807) is 0 Å². The number of hydrogen-bond donors (Lipinski definition) is 0. The highest BCUT2D eigenvalue weighted by molar-refractivity contribution is 7.10. The fourth-order valence-electron chi connectivity index (χ4n) is 0.536. The minimum atomic E-state index is 0.784. The molecule has 1 rings (SSSR count). The molecule has 0 radical (unpaired) electrons. The van der Waals surface area contributed by atoms with Crippen LogP contribution in [0.1, 0.15) is 17.6 Å². The summed E-state index contributed by atoms with van der Waals surface area (Å²) >= 11 is 1.53. The molecule has 0 bridgehead atoms. The summed E-state index contributed by atoms with van der Waals surface area (Å²) in [4.78, 5) is 4.13. The van der Waals surface area contributed by atoms with Crippen LogP contribution in [0.2, 0.25) is 0 Å². The molecule has 0 aromatic carbocycles. The van der Waals surface area contributed by atoms with Crippen molar-refractivity contribution < 1.29 is 0 Å². The molecule has 46 valence electrons. The maximum atomic E-state index is 5.12. The fraction of sp³-hybridized carbons (Fsp3) is 0.286. The SMILES string of the molecule is C#Cc1nc(CC)cs1. The largest absolute Gasteiger partial charge is 0.233 e. The van der Waals surface area contributed by atoms with E-state index >= 15 is 0 Å². The average molecular weight is 137 g/mol. The van der Waals surface area contributed by atoms with Crippen LogP contribution in [0.15, 0.2) is 5.38 Å². The maximum absolute atomic E-state index is 5.12. The first-order valence-corrected chi connectivity index (χ1v) is 3.65. The van der Waals surface area contributed by atoms with Gasteiger partial charge in [-0.15, -0.1) is 17.8 Å². The number of thiazole rings is 1. The van der Waals surface area contributed by atoms with E-state index in [0.29, 0.717) is 0 Å².